The number of nitrogens with one attached hydrogen (secondary N) is 1. The Morgan fingerprint density at radius 1 is 1.48 bits per heavy atom. The van der Waals surface area contributed by atoms with Gasteiger partial charge in [0.25, 0.3) is 5.69 Å². The fraction of sp³-hybridized carbons (Fsp3) is 0.0833. The molecule has 21 heavy (non-hydrogen) atoms. The number of aromatic carboxylic acids is 1. The quantitative estimate of drug-likeness (QED) is 0.626. The highest BCUT2D eigenvalue weighted by Gasteiger charge is 2.18. The molecule has 0 aliphatic heterocycles. The minimum atomic E-state index is -1.21. The number of carboxylic acid groups (broad SMARTS) is 1. The molecule has 1 aromatic heterocycles. The highest BCUT2D eigenvalue weighted by atomic mass is 79.9. The third-order valence-electron chi connectivity index (χ3n) is 2.56. The molecule has 0 amide bonds. The van der Waals surface area contributed by atoms with Crippen molar-refractivity contribution in [2.24, 2.45) is 0 Å². The molecule has 0 bridgehead atoms. The van der Waals surface area contributed by atoms with Crippen LogP contribution in [0.15, 0.2) is 33.2 Å². The summed E-state index contributed by atoms with van der Waals surface area (Å²) in [5.41, 5.74) is -0.345. The second-order valence-corrected chi connectivity index (χ2v) is 4.82. The molecular weight excluding hydrogens is 351 g/mol. The molecule has 0 fully saturated rings. The minimum Gasteiger partial charge on any atom is -0.475 e. The molecule has 0 aliphatic rings. The number of anilines is 1. The topological polar surface area (TPSA) is 106 Å². The van der Waals surface area contributed by atoms with Crippen molar-refractivity contribution in [3.05, 3.63) is 56.2 Å². The first kappa shape index (κ1) is 15.0. The van der Waals surface area contributed by atoms with Gasteiger partial charge in [0.1, 0.15) is 17.3 Å². The molecule has 0 aliphatic carbocycles. The van der Waals surface area contributed by atoms with Gasteiger partial charge in [-0.2, -0.15) is 0 Å². The number of nitro groups is 1. The second-order valence-electron chi connectivity index (χ2n) is 3.97. The first-order valence-corrected chi connectivity index (χ1v) is 6.37. The molecule has 7 nitrogen and oxygen atoms in total. The highest BCUT2D eigenvalue weighted by molar-refractivity contribution is 9.10. The van der Waals surface area contributed by atoms with Gasteiger partial charge in [0.2, 0.25) is 5.76 Å². The molecule has 0 atom stereocenters. The first-order valence-electron chi connectivity index (χ1n) is 5.58. The third kappa shape index (κ3) is 3.37. The summed E-state index contributed by atoms with van der Waals surface area (Å²) in [7, 11) is 0. The number of carboxylic acids is 1. The number of hydrogen-bond acceptors (Lipinski definition) is 5. The number of benzene rings is 1. The van der Waals surface area contributed by atoms with Crippen LogP contribution in [0, 0.1) is 15.9 Å². The summed E-state index contributed by atoms with van der Waals surface area (Å²) in [6.07, 6.45) is 0. The van der Waals surface area contributed by atoms with Crippen molar-refractivity contribution in [1.82, 2.24) is 0 Å². The van der Waals surface area contributed by atoms with Gasteiger partial charge in [0.15, 0.2) is 0 Å². The van der Waals surface area contributed by atoms with E-state index in [0.29, 0.717) is 0 Å². The zero-order valence-corrected chi connectivity index (χ0v) is 11.9. The molecule has 9 heteroatoms. The summed E-state index contributed by atoms with van der Waals surface area (Å²) in [5, 5.41) is 22.3. The van der Waals surface area contributed by atoms with Gasteiger partial charge in [0, 0.05) is 0 Å². The average Bonchev–Trinajstić information content (AvgIpc) is 2.88. The van der Waals surface area contributed by atoms with Crippen LogP contribution in [0.3, 0.4) is 0 Å². The number of nitro benzene ring substituents is 1. The molecule has 2 rings (SSSR count). The van der Waals surface area contributed by atoms with Crippen molar-refractivity contribution in [2.45, 2.75) is 6.54 Å². The summed E-state index contributed by atoms with van der Waals surface area (Å²) < 4.78 is 18.4. The van der Waals surface area contributed by atoms with Gasteiger partial charge in [-0.05, 0) is 34.1 Å². The summed E-state index contributed by atoms with van der Waals surface area (Å²) >= 11 is 2.94. The zero-order valence-electron chi connectivity index (χ0n) is 10.3. The predicted molar refractivity (Wildman–Crippen MR) is 73.7 cm³/mol. The maximum absolute atomic E-state index is 13.3. The minimum absolute atomic E-state index is 0.0200. The van der Waals surface area contributed by atoms with E-state index in [1.807, 2.05) is 0 Å². The van der Waals surface area contributed by atoms with Crippen molar-refractivity contribution in [1.29, 1.82) is 0 Å². The Bertz CT molecular complexity index is 716. The van der Waals surface area contributed by atoms with Crippen molar-refractivity contribution in [2.75, 3.05) is 5.32 Å². The molecule has 0 radical (unpaired) electrons. The van der Waals surface area contributed by atoms with E-state index in [-0.39, 0.29) is 28.2 Å². The molecular formula is C12H8BrFN2O5. The van der Waals surface area contributed by atoms with E-state index in [2.05, 4.69) is 21.2 Å². The van der Waals surface area contributed by atoms with E-state index in [9.17, 15) is 19.3 Å². The van der Waals surface area contributed by atoms with Crippen molar-refractivity contribution >= 4 is 33.3 Å². The Morgan fingerprint density at radius 2 is 2.19 bits per heavy atom. The number of rotatable bonds is 5. The number of halogens is 2. The van der Waals surface area contributed by atoms with Crippen LogP contribution in [-0.2, 0) is 6.54 Å². The molecule has 0 unspecified atom stereocenters. The number of nitrogens with zero attached hydrogens (tertiary/aromatic N) is 1. The molecule has 2 N–H and O–H groups in total. The lowest BCUT2D eigenvalue weighted by molar-refractivity contribution is -0.384. The van der Waals surface area contributed by atoms with E-state index < -0.39 is 22.4 Å². The van der Waals surface area contributed by atoms with Crippen LogP contribution in [-0.4, -0.2) is 16.0 Å². The Balaban J connectivity index is 2.20. The van der Waals surface area contributed by atoms with Crippen LogP contribution in [0.5, 0.6) is 0 Å². The second kappa shape index (κ2) is 5.92. The van der Waals surface area contributed by atoms with Gasteiger partial charge in [0.05, 0.1) is 22.0 Å². The van der Waals surface area contributed by atoms with Crippen LogP contribution in [0.4, 0.5) is 15.8 Å². The SMILES string of the molecule is O=C(O)c1ccc(CNc2cc(Br)c(F)cc2[N+](=O)[O-])o1. The van der Waals surface area contributed by atoms with E-state index in [1.165, 1.54) is 18.2 Å². The zero-order chi connectivity index (χ0) is 15.6. The molecule has 0 saturated heterocycles. The predicted octanol–water partition coefficient (Wildman–Crippen LogP) is 3.40. The number of furan rings is 1. The molecule has 0 saturated carbocycles. The van der Waals surface area contributed by atoms with Gasteiger partial charge in [-0.25, -0.2) is 9.18 Å². The van der Waals surface area contributed by atoms with Crippen LogP contribution in [0.2, 0.25) is 0 Å². The third-order valence-corrected chi connectivity index (χ3v) is 3.17. The normalized spacial score (nSPS) is 10.4. The fourth-order valence-electron chi connectivity index (χ4n) is 1.60. The lowest BCUT2D eigenvalue weighted by atomic mass is 10.2. The molecule has 110 valence electrons. The Labute approximate surface area is 125 Å². The highest BCUT2D eigenvalue weighted by Crippen LogP contribution is 2.30. The standard InChI is InChI=1S/C12H8BrFN2O5/c13-7-3-9(10(16(19)20)4-8(7)14)15-5-6-1-2-11(21-6)12(17)18/h1-4,15H,5H2,(H,17,18). The molecule has 1 aromatic carbocycles. The van der Waals surface area contributed by atoms with Gasteiger partial charge < -0.3 is 14.8 Å². The van der Waals surface area contributed by atoms with E-state index in [4.69, 9.17) is 9.52 Å². The van der Waals surface area contributed by atoms with Crippen molar-refractivity contribution in [3.63, 3.8) is 0 Å². The molecule has 2 aromatic rings. The smallest absolute Gasteiger partial charge is 0.371 e. The lowest BCUT2D eigenvalue weighted by Crippen LogP contribution is -2.03. The Hall–Kier alpha value is -2.42. The molecule has 0 spiro atoms. The van der Waals surface area contributed by atoms with Crippen molar-refractivity contribution in [3.8, 4) is 0 Å². The van der Waals surface area contributed by atoms with Crippen LogP contribution in [0.25, 0.3) is 0 Å². The van der Waals surface area contributed by atoms with Crippen molar-refractivity contribution < 1.29 is 23.6 Å². The van der Waals surface area contributed by atoms with Gasteiger partial charge in [-0.15, -0.1) is 0 Å². The number of carbonyl (C=O) groups is 1. The Kier molecular flexibility index (Phi) is 4.22. The summed E-state index contributed by atoms with van der Waals surface area (Å²) in [6, 6.07) is 4.72. The maximum atomic E-state index is 13.3. The average molecular weight is 359 g/mol. The monoisotopic (exact) mass is 358 g/mol. The van der Waals surface area contributed by atoms with Crippen LogP contribution >= 0.6 is 15.9 Å². The van der Waals surface area contributed by atoms with Crippen LogP contribution in [0.1, 0.15) is 16.3 Å². The summed E-state index contributed by atoms with van der Waals surface area (Å²) in [5.74, 6) is -1.92. The van der Waals surface area contributed by atoms with Gasteiger partial charge >= 0.3 is 5.97 Å². The summed E-state index contributed by atoms with van der Waals surface area (Å²) in [6.45, 7) is 0.0200. The summed E-state index contributed by atoms with van der Waals surface area (Å²) in [4.78, 5) is 20.8. The van der Waals surface area contributed by atoms with Gasteiger partial charge in [-0.3, -0.25) is 10.1 Å². The molecule has 1 heterocycles. The van der Waals surface area contributed by atoms with E-state index in [1.54, 1.807) is 0 Å². The van der Waals surface area contributed by atoms with E-state index in [0.717, 1.165) is 6.07 Å². The van der Waals surface area contributed by atoms with Gasteiger partial charge in [-0.1, -0.05) is 0 Å². The Morgan fingerprint density at radius 3 is 2.76 bits per heavy atom. The maximum Gasteiger partial charge on any atom is 0.371 e. The van der Waals surface area contributed by atoms with Crippen LogP contribution < -0.4 is 5.32 Å². The fourth-order valence-corrected chi connectivity index (χ4v) is 1.94. The van der Waals surface area contributed by atoms with E-state index >= 15 is 0 Å². The lowest BCUT2D eigenvalue weighted by Gasteiger charge is -2.06. The number of hydrogen-bond donors (Lipinski definition) is 2. The largest absolute Gasteiger partial charge is 0.475 e. The first-order chi connectivity index (χ1) is 9.88.